The lowest BCUT2D eigenvalue weighted by atomic mass is 10.3. The number of nitrogens with two attached hydrogens (primary N) is 3. The summed E-state index contributed by atoms with van der Waals surface area (Å²) in [6, 6.07) is 12.3. The fourth-order valence-electron chi connectivity index (χ4n) is 5.04. The number of anilines is 3. The van der Waals surface area contributed by atoms with E-state index in [1.807, 2.05) is 16.7 Å². The van der Waals surface area contributed by atoms with Gasteiger partial charge in [0.25, 0.3) is 0 Å². The molecule has 0 amide bonds. The van der Waals surface area contributed by atoms with Gasteiger partial charge in [0.15, 0.2) is 55.0 Å². The van der Waals surface area contributed by atoms with E-state index in [0.717, 1.165) is 19.8 Å². The minimum atomic E-state index is 0.319. The van der Waals surface area contributed by atoms with Gasteiger partial charge in [0.1, 0.15) is 50.6 Å². The third-order valence-electron chi connectivity index (χ3n) is 7.59. The van der Waals surface area contributed by atoms with E-state index in [1.54, 1.807) is 30.3 Å². The standard InChI is InChI=1S/C15H12Cl2N6S.C10H6Cl2N6S.C6H3Cl2I.C5H5N5S/c1-2-3-4-5-23-14-12(13(18)19-8-20-14)22-15(23)24-9-6-10(16)21-11(17)7-9;11-5-1-4(2-6(12)16-5)19-10-17-7-8(13)14-3-15-9(7)18-10;7-4-1-5(8)3-6(9)2-4;6-3-2-4(8-1-7-3)10-5(11)9-2/h1,6-8H,3-5H2,(H2,18,19,20);1-3H,(H3,13,14,15,17,18);1-3H;1H,(H4,6,7,8,9,10,11). The van der Waals surface area contributed by atoms with Crippen LogP contribution in [0.25, 0.3) is 33.5 Å². The molecule has 0 aliphatic rings. The molecule has 0 bridgehead atoms. The molecule has 9 rings (SSSR count). The predicted octanol–water partition coefficient (Wildman–Crippen LogP) is 10.7. The van der Waals surface area contributed by atoms with Crippen LogP contribution in [0.15, 0.2) is 81.6 Å². The zero-order valence-corrected chi connectivity index (χ0v) is 40.6. The lowest BCUT2D eigenvalue weighted by Gasteiger charge is -2.07. The van der Waals surface area contributed by atoms with Gasteiger partial charge in [0.2, 0.25) is 0 Å². The van der Waals surface area contributed by atoms with Crippen molar-refractivity contribution < 1.29 is 0 Å². The Hall–Kier alpha value is -4.48. The van der Waals surface area contributed by atoms with Crippen molar-refractivity contribution in [2.24, 2.45) is 0 Å². The minimum Gasteiger partial charge on any atom is -0.382 e. The molecule has 322 valence electrons. The fourth-order valence-corrected chi connectivity index (χ4v) is 9.81. The number of halogens is 7. The summed E-state index contributed by atoms with van der Waals surface area (Å²) in [5.41, 5.74) is 20.8. The number of fused-ring (bicyclic) bond motifs is 3. The van der Waals surface area contributed by atoms with Gasteiger partial charge in [-0.15, -0.1) is 12.3 Å². The van der Waals surface area contributed by atoms with Crippen LogP contribution in [0.2, 0.25) is 30.7 Å². The molecule has 17 nitrogen and oxygen atoms in total. The summed E-state index contributed by atoms with van der Waals surface area (Å²) in [4.78, 5) is 50.9. The second kappa shape index (κ2) is 22.4. The van der Waals surface area contributed by atoms with E-state index < -0.39 is 0 Å². The lowest BCUT2D eigenvalue weighted by Crippen LogP contribution is -2.01. The number of aromatic amines is 3. The molecule has 0 spiro atoms. The van der Waals surface area contributed by atoms with E-state index in [1.165, 1.54) is 42.5 Å². The van der Waals surface area contributed by atoms with Crippen LogP contribution in [0.4, 0.5) is 17.5 Å². The largest absolute Gasteiger partial charge is 0.382 e. The molecule has 8 heterocycles. The SMILES string of the molecule is C#CCCCn1c(Sc2cc(Cl)nc(Cl)c2)nc2c(N)ncnc21.Clc1cc(Cl)cc(I)c1.Nc1ncnc2[nH]c(=S)[nH]c12.Nc1ncnc2nc(Sc3cc(Cl)nc(Cl)c3)[nH]c12. The number of hydrogen-bond acceptors (Lipinski definition) is 16. The summed E-state index contributed by atoms with van der Waals surface area (Å²) >= 11 is 44.7. The Bertz CT molecular complexity index is 3070. The zero-order chi connectivity index (χ0) is 45.2. The van der Waals surface area contributed by atoms with Crippen molar-refractivity contribution in [1.29, 1.82) is 0 Å². The number of aromatic nitrogens is 14. The molecule has 63 heavy (non-hydrogen) atoms. The highest BCUT2D eigenvalue weighted by molar-refractivity contribution is 14.1. The molecule has 0 atom stereocenters. The number of H-pyrrole nitrogens is 3. The van der Waals surface area contributed by atoms with E-state index >= 15 is 0 Å². The van der Waals surface area contributed by atoms with E-state index in [9.17, 15) is 0 Å². The van der Waals surface area contributed by atoms with Gasteiger partial charge in [-0.05, 0) is 83.7 Å². The van der Waals surface area contributed by atoms with Crippen LogP contribution in [0.5, 0.6) is 0 Å². The first-order valence-electron chi connectivity index (χ1n) is 17.3. The van der Waals surface area contributed by atoms with E-state index in [4.69, 9.17) is 105 Å². The maximum atomic E-state index is 5.96. The Morgan fingerprint density at radius 1 is 0.667 bits per heavy atom. The second-order valence-corrected chi connectivity index (χ2v) is 18.2. The molecule has 9 N–H and O–H groups in total. The molecular weight excluding hydrogens is 1110 g/mol. The molecular formula is C36H26Cl6IN17S3. The monoisotopic (exact) mass is 1130 g/mol. The number of imidazole rings is 3. The van der Waals surface area contributed by atoms with Gasteiger partial charge in [-0.3, -0.25) is 0 Å². The van der Waals surface area contributed by atoms with Crippen LogP contribution < -0.4 is 17.2 Å². The van der Waals surface area contributed by atoms with Crippen molar-refractivity contribution in [3.05, 3.63) is 100 Å². The Balaban J connectivity index is 0.000000150. The normalized spacial score (nSPS) is 10.7. The molecule has 0 saturated heterocycles. The van der Waals surface area contributed by atoms with Crippen LogP contribution >= 0.6 is 128 Å². The fraction of sp³-hybridized carbons (Fsp3) is 0.0833. The number of nitrogens with zero attached hydrogens (tertiary/aromatic N) is 11. The van der Waals surface area contributed by atoms with Crippen LogP contribution in [-0.4, -0.2) is 69.4 Å². The van der Waals surface area contributed by atoms with E-state index in [-0.39, 0.29) is 0 Å². The topological polar surface area (TPSA) is 259 Å². The van der Waals surface area contributed by atoms with Gasteiger partial charge in [0.05, 0.1) is 0 Å². The summed E-state index contributed by atoms with van der Waals surface area (Å²) in [5.74, 6) is 3.73. The van der Waals surface area contributed by atoms with Crippen molar-refractivity contribution in [1.82, 2.24) is 69.4 Å². The van der Waals surface area contributed by atoms with Crippen LogP contribution in [-0.2, 0) is 6.54 Å². The first kappa shape index (κ1) is 48.0. The highest BCUT2D eigenvalue weighted by Gasteiger charge is 2.16. The first-order chi connectivity index (χ1) is 30.1. The van der Waals surface area contributed by atoms with Crippen LogP contribution in [0.1, 0.15) is 12.8 Å². The van der Waals surface area contributed by atoms with E-state index in [2.05, 4.69) is 93.3 Å². The van der Waals surface area contributed by atoms with Crippen LogP contribution in [0.3, 0.4) is 0 Å². The molecule has 1 aromatic carbocycles. The lowest BCUT2D eigenvalue weighted by molar-refractivity contribution is 0.615. The van der Waals surface area contributed by atoms with Gasteiger partial charge in [-0.1, -0.05) is 93.1 Å². The van der Waals surface area contributed by atoms with Crippen molar-refractivity contribution in [2.75, 3.05) is 17.2 Å². The molecule has 0 fully saturated rings. The van der Waals surface area contributed by atoms with Gasteiger partial charge in [-0.2, -0.15) is 0 Å². The van der Waals surface area contributed by atoms with E-state index in [0.29, 0.717) is 110 Å². The Labute approximate surface area is 414 Å². The number of pyridine rings is 2. The molecule has 0 aliphatic carbocycles. The zero-order valence-electron chi connectivity index (χ0n) is 31.5. The smallest absolute Gasteiger partial charge is 0.183 e. The maximum Gasteiger partial charge on any atom is 0.183 e. The maximum absolute atomic E-state index is 5.96. The molecule has 0 radical (unpaired) electrons. The van der Waals surface area contributed by atoms with Crippen molar-refractivity contribution >= 4 is 179 Å². The number of aryl methyl sites for hydroxylation is 1. The quantitative estimate of drug-likeness (QED) is 0.0285. The molecule has 8 aromatic heterocycles. The molecule has 0 saturated carbocycles. The van der Waals surface area contributed by atoms with Crippen LogP contribution in [0, 0.1) is 20.7 Å². The number of hydrogen-bond donors (Lipinski definition) is 6. The summed E-state index contributed by atoms with van der Waals surface area (Å²) in [7, 11) is 0. The highest BCUT2D eigenvalue weighted by atomic mass is 127. The van der Waals surface area contributed by atoms with Gasteiger partial charge < -0.3 is 36.7 Å². The molecule has 9 aromatic rings. The first-order valence-corrected chi connectivity index (χ1v) is 22.7. The molecule has 0 unspecified atom stereocenters. The predicted molar refractivity (Wildman–Crippen MR) is 263 cm³/mol. The number of benzene rings is 1. The van der Waals surface area contributed by atoms with Crippen molar-refractivity contribution in [3.63, 3.8) is 0 Å². The molecule has 27 heteroatoms. The minimum absolute atomic E-state index is 0.319. The Morgan fingerprint density at radius 2 is 1.24 bits per heavy atom. The third-order valence-corrected chi connectivity index (χ3v) is 11.5. The summed E-state index contributed by atoms with van der Waals surface area (Å²) in [6.07, 6.45) is 11.0. The molecule has 0 aliphatic heterocycles. The Morgan fingerprint density at radius 3 is 1.83 bits per heavy atom. The average molecular weight is 1130 g/mol. The number of unbranched alkanes of at least 4 members (excludes halogenated alkanes) is 1. The highest BCUT2D eigenvalue weighted by Crippen LogP contribution is 2.34. The Kier molecular flexibility index (Phi) is 17.1. The second-order valence-electron chi connectivity index (χ2n) is 12.0. The van der Waals surface area contributed by atoms with Gasteiger partial charge in [-0.25, -0.2) is 49.8 Å². The summed E-state index contributed by atoms with van der Waals surface area (Å²) in [6.45, 7) is 0.673. The summed E-state index contributed by atoms with van der Waals surface area (Å²) < 4.78 is 3.54. The number of terminal acetylenes is 1. The van der Waals surface area contributed by atoms with Crippen molar-refractivity contribution in [2.45, 2.75) is 39.5 Å². The van der Waals surface area contributed by atoms with Gasteiger partial charge in [0, 0.05) is 36.4 Å². The number of nitrogen functional groups attached to an aromatic ring is 3. The number of rotatable bonds is 7. The number of nitrogens with one attached hydrogen (secondary N) is 3. The third kappa shape index (κ3) is 13.5. The van der Waals surface area contributed by atoms with Crippen molar-refractivity contribution in [3.8, 4) is 12.3 Å². The summed E-state index contributed by atoms with van der Waals surface area (Å²) in [5, 5.41) is 4.00. The average Bonchev–Trinajstić information content (AvgIpc) is 3.90. The van der Waals surface area contributed by atoms with Gasteiger partial charge >= 0.3 is 0 Å².